The molecule has 0 spiro atoms. The molecule has 1 N–H and O–H groups in total. The predicted molar refractivity (Wildman–Crippen MR) is 104 cm³/mol. The van der Waals surface area contributed by atoms with Crippen molar-refractivity contribution >= 4 is 44.7 Å². The van der Waals surface area contributed by atoms with Crippen LogP contribution in [-0.4, -0.2) is 15.8 Å². The number of halogens is 1. The van der Waals surface area contributed by atoms with Crippen LogP contribution in [0.25, 0.3) is 20.7 Å². The molecule has 0 saturated heterocycles. The van der Waals surface area contributed by atoms with E-state index in [1.165, 1.54) is 14.8 Å². The maximum atomic E-state index is 12.6. The molecule has 2 aromatic carbocycles. The number of nitrogens with one attached hydrogen (secondary N) is 1. The van der Waals surface area contributed by atoms with Crippen LogP contribution >= 0.6 is 22.9 Å². The summed E-state index contributed by atoms with van der Waals surface area (Å²) in [6, 6.07) is 16.8. The van der Waals surface area contributed by atoms with Gasteiger partial charge in [-0.1, -0.05) is 29.8 Å². The summed E-state index contributed by atoms with van der Waals surface area (Å²) in [7, 11) is 0. The second-order valence-corrected chi connectivity index (χ2v) is 7.11. The fourth-order valence-corrected chi connectivity index (χ4v) is 4.11. The van der Waals surface area contributed by atoms with Gasteiger partial charge in [-0.15, -0.1) is 11.3 Å². The molecule has 2 aromatic heterocycles. The third kappa shape index (κ3) is 2.92. The summed E-state index contributed by atoms with van der Waals surface area (Å²) >= 11 is 7.54. The summed E-state index contributed by atoms with van der Waals surface area (Å²) in [4.78, 5) is 13.7. The molecule has 2 heterocycles. The van der Waals surface area contributed by atoms with Gasteiger partial charge in [0.1, 0.15) is 0 Å². The van der Waals surface area contributed by atoms with Crippen LogP contribution in [0, 0.1) is 6.92 Å². The second kappa shape index (κ2) is 6.35. The van der Waals surface area contributed by atoms with Gasteiger partial charge in [-0.3, -0.25) is 0 Å². The first-order valence-corrected chi connectivity index (χ1v) is 8.92. The molecule has 0 aliphatic rings. The van der Waals surface area contributed by atoms with Crippen molar-refractivity contribution in [3.63, 3.8) is 0 Å². The van der Waals surface area contributed by atoms with Crippen LogP contribution in [0.2, 0.25) is 5.02 Å². The van der Waals surface area contributed by atoms with E-state index in [0.29, 0.717) is 10.7 Å². The first-order chi connectivity index (χ1) is 12.1. The lowest BCUT2D eigenvalue weighted by molar-refractivity contribution is 0.251. The molecule has 0 unspecified atom stereocenters. The highest BCUT2D eigenvalue weighted by Gasteiger charge is 2.17. The maximum Gasteiger partial charge on any atom is 0.347 e. The number of fused-ring (bicyclic) bond motifs is 1. The van der Waals surface area contributed by atoms with E-state index in [1.54, 1.807) is 41.8 Å². The summed E-state index contributed by atoms with van der Waals surface area (Å²) in [5.41, 5.74) is 2.61. The van der Waals surface area contributed by atoms with E-state index >= 15 is 0 Å². The van der Waals surface area contributed by atoms with Crippen LogP contribution in [0.5, 0.6) is 0 Å². The molecule has 0 fully saturated rings. The number of carbonyl (C=O) groups is 1. The number of carbonyl (C=O) groups excluding carboxylic acids is 1. The Bertz CT molecular complexity index is 1070. The lowest BCUT2D eigenvalue weighted by atomic mass is 10.1. The van der Waals surface area contributed by atoms with Gasteiger partial charge in [-0.2, -0.15) is 9.78 Å². The monoisotopic (exact) mass is 367 g/mol. The van der Waals surface area contributed by atoms with Gasteiger partial charge in [0, 0.05) is 15.4 Å². The third-order valence-corrected chi connectivity index (χ3v) is 5.55. The molecule has 25 heavy (non-hydrogen) atoms. The molecular formula is C19H14ClN3OS. The average Bonchev–Trinajstić information content (AvgIpc) is 3.22. The van der Waals surface area contributed by atoms with Crippen molar-refractivity contribution in [2.45, 2.75) is 6.92 Å². The minimum Gasteiger partial charge on any atom is -0.306 e. The molecule has 4 aromatic rings. The van der Waals surface area contributed by atoms with Crippen LogP contribution < -0.4 is 5.32 Å². The molecule has 4 nitrogen and oxygen atoms in total. The Hall–Kier alpha value is -2.63. The normalized spacial score (nSPS) is 11.0. The summed E-state index contributed by atoms with van der Waals surface area (Å²) in [5, 5.41) is 8.87. The number of aryl methyl sites for hydroxylation is 1. The first-order valence-electron chi connectivity index (χ1n) is 7.73. The van der Waals surface area contributed by atoms with Crippen LogP contribution in [0.15, 0.2) is 60.8 Å². The smallest absolute Gasteiger partial charge is 0.306 e. The van der Waals surface area contributed by atoms with Gasteiger partial charge in [0.05, 0.1) is 16.8 Å². The fraction of sp³-hybridized carbons (Fsp3) is 0.0526. The zero-order valence-electron chi connectivity index (χ0n) is 13.4. The quantitative estimate of drug-likeness (QED) is 0.486. The van der Waals surface area contributed by atoms with E-state index < -0.39 is 0 Å². The van der Waals surface area contributed by atoms with E-state index in [2.05, 4.69) is 29.5 Å². The van der Waals surface area contributed by atoms with E-state index in [4.69, 9.17) is 11.6 Å². The number of benzene rings is 2. The van der Waals surface area contributed by atoms with E-state index in [-0.39, 0.29) is 6.03 Å². The van der Waals surface area contributed by atoms with Crippen LogP contribution in [-0.2, 0) is 0 Å². The fourth-order valence-electron chi connectivity index (χ4n) is 2.77. The highest BCUT2D eigenvalue weighted by molar-refractivity contribution is 7.22. The van der Waals surface area contributed by atoms with E-state index in [1.807, 2.05) is 18.2 Å². The highest BCUT2D eigenvalue weighted by atomic mass is 35.5. The van der Waals surface area contributed by atoms with Gasteiger partial charge < -0.3 is 5.32 Å². The van der Waals surface area contributed by atoms with Gasteiger partial charge in [0.25, 0.3) is 0 Å². The zero-order chi connectivity index (χ0) is 17.4. The molecule has 6 heteroatoms. The number of rotatable bonds is 2. The standard InChI is InChI=1S/C19H14ClN3OS/c1-12-15-4-2-3-5-17(15)25-18(12)16-10-11-21-23(16)19(24)22-14-8-6-13(20)7-9-14/h2-11H,1H3,(H,22,24). The number of thiophene rings is 1. The minimum absolute atomic E-state index is 0.306. The van der Waals surface area contributed by atoms with E-state index in [0.717, 1.165) is 16.1 Å². The molecule has 0 aliphatic carbocycles. The van der Waals surface area contributed by atoms with Crippen molar-refractivity contribution in [2.24, 2.45) is 0 Å². The van der Waals surface area contributed by atoms with Crippen molar-refractivity contribution < 1.29 is 4.79 Å². The summed E-state index contributed by atoms with van der Waals surface area (Å²) in [5.74, 6) is 0. The van der Waals surface area contributed by atoms with Gasteiger partial charge in [0.2, 0.25) is 0 Å². The lowest BCUT2D eigenvalue weighted by Crippen LogP contribution is -2.21. The Morgan fingerprint density at radius 3 is 2.64 bits per heavy atom. The summed E-state index contributed by atoms with van der Waals surface area (Å²) in [6.07, 6.45) is 1.64. The number of nitrogens with zero attached hydrogens (tertiary/aromatic N) is 2. The molecule has 4 rings (SSSR count). The average molecular weight is 368 g/mol. The Balaban J connectivity index is 1.71. The van der Waals surface area contributed by atoms with E-state index in [9.17, 15) is 4.79 Å². The lowest BCUT2D eigenvalue weighted by Gasteiger charge is -2.08. The number of amides is 1. The van der Waals surface area contributed by atoms with Crippen molar-refractivity contribution in [1.29, 1.82) is 0 Å². The SMILES string of the molecule is Cc1c(-c2ccnn2C(=O)Nc2ccc(Cl)cc2)sc2ccccc12. The molecule has 1 amide bonds. The van der Waals surface area contributed by atoms with Gasteiger partial charge in [0.15, 0.2) is 0 Å². The number of aromatic nitrogens is 2. The molecule has 0 bridgehead atoms. The minimum atomic E-state index is -0.306. The largest absolute Gasteiger partial charge is 0.347 e. The van der Waals surface area contributed by atoms with Gasteiger partial charge in [-0.25, -0.2) is 4.79 Å². The molecular weight excluding hydrogens is 354 g/mol. The maximum absolute atomic E-state index is 12.6. The zero-order valence-corrected chi connectivity index (χ0v) is 14.9. The molecule has 0 saturated carbocycles. The highest BCUT2D eigenvalue weighted by Crippen LogP contribution is 2.37. The van der Waals surface area contributed by atoms with Gasteiger partial charge >= 0.3 is 6.03 Å². The topological polar surface area (TPSA) is 46.9 Å². The van der Waals surface area contributed by atoms with Crippen LogP contribution in [0.3, 0.4) is 0 Å². The molecule has 124 valence electrons. The predicted octanol–water partition coefficient (Wildman–Crippen LogP) is 5.81. The van der Waals surface area contributed by atoms with Crippen molar-refractivity contribution in [3.05, 3.63) is 71.4 Å². The summed E-state index contributed by atoms with van der Waals surface area (Å²) < 4.78 is 2.59. The first kappa shape index (κ1) is 15.9. The number of hydrogen-bond acceptors (Lipinski definition) is 3. The summed E-state index contributed by atoms with van der Waals surface area (Å²) in [6.45, 7) is 2.07. The van der Waals surface area contributed by atoms with Crippen molar-refractivity contribution in [1.82, 2.24) is 9.78 Å². The Morgan fingerprint density at radius 1 is 1.12 bits per heavy atom. The van der Waals surface area contributed by atoms with Crippen LogP contribution in [0.1, 0.15) is 5.56 Å². The number of anilines is 1. The second-order valence-electron chi connectivity index (χ2n) is 5.62. The van der Waals surface area contributed by atoms with Crippen molar-refractivity contribution in [2.75, 3.05) is 5.32 Å². The van der Waals surface area contributed by atoms with Crippen LogP contribution in [0.4, 0.5) is 10.5 Å². The number of hydrogen-bond donors (Lipinski definition) is 1. The third-order valence-electron chi connectivity index (χ3n) is 4.01. The Kier molecular flexibility index (Phi) is 4.03. The molecule has 0 radical (unpaired) electrons. The van der Waals surface area contributed by atoms with Gasteiger partial charge in [-0.05, 0) is 54.3 Å². The Labute approximate surface area is 153 Å². The molecule has 0 aliphatic heterocycles. The van der Waals surface area contributed by atoms with Crippen molar-refractivity contribution in [3.8, 4) is 10.6 Å². The molecule has 0 atom stereocenters. The Morgan fingerprint density at radius 2 is 1.88 bits per heavy atom.